The van der Waals surface area contributed by atoms with Crippen LogP contribution in [0.25, 0.3) is 0 Å². The first-order valence-electron chi connectivity index (χ1n) is 12.5. The number of carbonyl (C=O) groups excluding carboxylic acids is 2. The number of carbonyl (C=O) groups is 2. The van der Waals surface area contributed by atoms with E-state index in [1.807, 2.05) is 20.8 Å². The summed E-state index contributed by atoms with van der Waals surface area (Å²) >= 11 is 18.8. The second-order valence-electron chi connectivity index (χ2n) is 10.4. The first-order chi connectivity index (χ1) is 18.6. The van der Waals surface area contributed by atoms with Crippen molar-refractivity contribution >= 4 is 62.3 Å². The van der Waals surface area contributed by atoms with Crippen molar-refractivity contribution in [3.63, 3.8) is 0 Å². The smallest absolute Gasteiger partial charge is 0.264 e. The van der Waals surface area contributed by atoms with Crippen molar-refractivity contribution in [1.29, 1.82) is 0 Å². The summed E-state index contributed by atoms with van der Waals surface area (Å²) in [6.45, 7) is 8.11. The van der Waals surface area contributed by atoms with Gasteiger partial charge in [0.1, 0.15) is 12.6 Å². The Morgan fingerprint density at radius 2 is 1.57 bits per heavy atom. The molecule has 1 unspecified atom stereocenters. The molecule has 0 heterocycles. The molecule has 0 saturated carbocycles. The van der Waals surface area contributed by atoms with Gasteiger partial charge in [0.05, 0.1) is 10.6 Å². The van der Waals surface area contributed by atoms with E-state index in [4.69, 9.17) is 34.8 Å². The lowest BCUT2D eigenvalue weighted by Crippen LogP contribution is -2.54. The van der Waals surface area contributed by atoms with E-state index in [-0.39, 0.29) is 17.1 Å². The number of halogens is 3. The third-order valence-electron chi connectivity index (χ3n) is 6.14. The maximum Gasteiger partial charge on any atom is 0.264 e. The minimum Gasteiger partial charge on any atom is -0.350 e. The molecular formula is C29H32Cl3N3O4S. The molecule has 1 N–H and O–H groups in total. The molecule has 0 aliphatic rings. The highest BCUT2D eigenvalue weighted by Crippen LogP contribution is 2.31. The molecule has 0 bridgehead atoms. The monoisotopic (exact) mass is 623 g/mol. The van der Waals surface area contributed by atoms with E-state index in [1.54, 1.807) is 68.4 Å². The van der Waals surface area contributed by atoms with Crippen molar-refractivity contribution in [1.82, 2.24) is 10.2 Å². The van der Waals surface area contributed by atoms with Crippen LogP contribution in [0.5, 0.6) is 0 Å². The minimum atomic E-state index is -4.20. The summed E-state index contributed by atoms with van der Waals surface area (Å²) in [5.41, 5.74) is 0.730. The van der Waals surface area contributed by atoms with Crippen LogP contribution < -0.4 is 9.62 Å². The molecule has 0 aliphatic heterocycles. The van der Waals surface area contributed by atoms with Crippen LogP contribution in [0.3, 0.4) is 0 Å². The van der Waals surface area contributed by atoms with Gasteiger partial charge in [-0.1, -0.05) is 65.1 Å². The van der Waals surface area contributed by atoms with E-state index in [9.17, 15) is 18.0 Å². The molecule has 0 fully saturated rings. The Labute approximate surface area is 251 Å². The van der Waals surface area contributed by atoms with Crippen LogP contribution >= 0.6 is 34.8 Å². The standard InChI is InChI=1S/C29H32Cl3N3O4S/c1-19-24(31)12-9-13-26(19)35(40(38,39)23-10-7-6-8-11-23)18-27(36)34(20(2)28(37)33-29(3,4)5)17-21-14-15-22(30)16-25(21)32/h6-16,20H,17-18H2,1-5H3,(H,33,37). The number of hydrogen-bond donors (Lipinski definition) is 1. The number of hydrogen-bond acceptors (Lipinski definition) is 4. The Bertz CT molecular complexity index is 1490. The average Bonchev–Trinajstić information content (AvgIpc) is 2.87. The summed E-state index contributed by atoms with van der Waals surface area (Å²) in [4.78, 5) is 28.5. The van der Waals surface area contributed by atoms with Gasteiger partial charge in [0.25, 0.3) is 10.0 Å². The lowest BCUT2D eigenvalue weighted by atomic mass is 10.1. The molecule has 0 spiro atoms. The van der Waals surface area contributed by atoms with E-state index >= 15 is 0 Å². The summed E-state index contributed by atoms with van der Waals surface area (Å²) in [5, 5.41) is 3.96. The molecule has 40 heavy (non-hydrogen) atoms. The summed E-state index contributed by atoms with van der Waals surface area (Å²) in [7, 11) is -4.20. The Morgan fingerprint density at radius 3 is 2.17 bits per heavy atom. The predicted octanol–water partition coefficient (Wildman–Crippen LogP) is 6.48. The highest BCUT2D eigenvalue weighted by atomic mass is 35.5. The molecule has 3 aromatic rings. The Balaban J connectivity index is 2.09. The van der Waals surface area contributed by atoms with Gasteiger partial charge in [-0.3, -0.25) is 13.9 Å². The fourth-order valence-electron chi connectivity index (χ4n) is 3.99. The van der Waals surface area contributed by atoms with Crippen LogP contribution in [-0.4, -0.2) is 43.3 Å². The molecule has 0 aromatic heterocycles. The highest BCUT2D eigenvalue weighted by molar-refractivity contribution is 7.92. The Kier molecular flexibility index (Phi) is 10.2. The van der Waals surface area contributed by atoms with Gasteiger partial charge < -0.3 is 10.2 Å². The average molecular weight is 625 g/mol. The van der Waals surface area contributed by atoms with Crippen LogP contribution in [0.4, 0.5) is 5.69 Å². The Morgan fingerprint density at radius 1 is 0.925 bits per heavy atom. The third-order valence-corrected chi connectivity index (χ3v) is 8.91. The lowest BCUT2D eigenvalue weighted by Gasteiger charge is -2.34. The molecule has 1 atom stereocenters. The maximum atomic E-state index is 14.0. The first kappa shape index (κ1) is 31.7. The van der Waals surface area contributed by atoms with E-state index in [2.05, 4.69) is 5.32 Å². The van der Waals surface area contributed by atoms with Crippen LogP contribution in [0.1, 0.15) is 38.8 Å². The fourth-order valence-corrected chi connectivity index (χ4v) is 6.12. The number of nitrogens with one attached hydrogen (secondary N) is 1. The number of rotatable bonds is 9. The van der Waals surface area contributed by atoms with Gasteiger partial charge in [-0.05, 0) is 82.1 Å². The van der Waals surface area contributed by atoms with Gasteiger partial charge in [-0.25, -0.2) is 8.42 Å². The molecular weight excluding hydrogens is 593 g/mol. The molecule has 3 rings (SSSR count). The number of nitrogens with zero attached hydrogens (tertiary/aromatic N) is 2. The second kappa shape index (κ2) is 12.8. The van der Waals surface area contributed by atoms with Gasteiger partial charge in [-0.2, -0.15) is 0 Å². The third kappa shape index (κ3) is 7.69. The largest absolute Gasteiger partial charge is 0.350 e. The highest BCUT2D eigenvalue weighted by Gasteiger charge is 2.34. The van der Waals surface area contributed by atoms with Crippen LogP contribution in [0, 0.1) is 6.92 Å². The SMILES string of the molecule is Cc1c(Cl)cccc1N(CC(=O)N(Cc1ccc(Cl)cc1Cl)C(C)C(=O)NC(C)(C)C)S(=O)(=O)c1ccccc1. The Hall–Kier alpha value is -2.78. The summed E-state index contributed by atoms with van der Waals surface area (Å²) < 4.78 is 28.8. The van der Waals surface area contributed by atoms with Gasteiger partial charge in [-0.15, -0.1) is 0 Å². The zero-order valence-corrected chi connectivity index (χ0v) is 26.0. The summed E-state index contributed by atoms with van der Waals surface area (Å²) in [6.07, 6.45) is 0. The molecule has 0 radical (unpaired) electrons. The van der Waals surface area contributed by atoms with Gasteiger partial charge in [0, 0.05) is 27.2 Å². The lowest BCUT2D eigenvalue weighted by molar-refractivity contribution is -0.140. The van der Waals surface area contributed by atoms with E-state index < -0.39 is 40.0 Å². The van der Waals surface area contributed by atoms with Gasteiger partial charge in [0.2, 0.25) is 11.8 Å². The van der Waals surface area contributed by atoms with Crippen molar-refractivity contribution in [2.75, 3.05) is 10.8 Å². The summed E-state index contributed by atoms with van der Waals surface area (Å²) in [6, 6.07) is 16.5. The van der Waals surface area contributed by atoms with Crippen molar-refractivity contribution in [3.05, 3.63) is 92.9 Å². The van der Waals surface area contributed by atoms with Crippen molar-refractivity contribution < 1.29 is 18.0 Å². The fraction of sp³-hybridized carbons (Fsp3) is 0.310. The zero-order chi connectivity index (χ0) is 29.8. The van der Waals surface area contributed by atoms with Crippen molar-refractivity contribution in [2.24, 2.45) is 0 Å². The normalized spacial score (nSPS) is 12.5. The zero-order valence-electron chi connectivity index (χ0n) is 22.9. The minimum absolute atomic E-state index is 0.00740. The van der Waals surface area contributed by atoms with Crippen LogP contribution in [-0.2, 0) is 26.2 Å². The summed E-state index contributed by atoms with van der Waals surface area (Å²) in [5.74, 6) is -1.01. The molecule has 2 amide bonds. The molecule has 11 heteroatoms. The van der Waals surface area contributed by atoms with Crippen LogP contribution in [0.15, 0.2) is 71.6 Å². The van der Waals surface area contributed by atoms with Crippen molar-refractivity contribution in [3.8, 4) is 0 Å². The number of sulfonamides is 1. The second-order valence-corrected chi connectivity index (χ2v) is 13.5. The molecule has 214 valence electrons. The molecule has 3 aromatic carbocycles. The first-order valence-corrected chi connectivity index (χ1v) is 15.1. The van der Waals surface area contributed by atoms with E-state index in [1.165, 1.54) is 17.0 Å². The quantitative estimate of drug-likeness (QED) is 0.295. The van der Waals surface area contributed by atoms with Gasteiger partial charge >= 0.3 is 0 Å². The topological polar surface area (TPSA) is 86.8 Å². The van der Waals surface area contributed by atoms with E-state index in [0.29, 0.717) is 26.2 Å². The number of amides is 2. The number of anilines is 1. The van der Waals surface area contributed by atoms with Crippen molar-refractivity contribution in [2.45, 2.75) is 57.6 Å². The molecule has 0 aliphatic carbocycles. The van der Waals surface area contributed by atoms with Crippen LogP contribution in [0.2, 0.25) is 15.1 Å². The predicted molar refractivity (Wildman–Crippen MR) is 162 cm³/mol. The molecule has 0 saturated heterocycles. The molecule has 7 nitrogen and oxygen atoms in total. The van der Waals surface area contributed by atoms with E-state index in [0.717, 1.165) is 4.31 Å². The number of benzene rings is 3. The maximum absolute atomic E-state index is 14.0. The van der Waals surface area contributed by atoms with Gasteiger partial charge in [0.15, 0.2) is 0 Å².